The number of hydrogen-bond acceptors (Lipinski definition) is 4. The molecular formula is C25H33Cl2FN4O4S. The van der Waals surface area contributed by atoms with Crippen LogP contribution in [-0.4, -0.2) is 62.7 Å². The van der Waals surface area contributed by atoms with E-state index in [4.69, 9.17) is 23.2 Å². The minimum absolute atomic E-state index is 0.0877. The fraction of sp³-hybridized carbons (Fsp3) is 0.440. The van der Waals surface area contributed by atoms with Gasteiger partial charge in [-0.25, -0.2) is 8.70 Å². The normalized spacial score (nSPS) is 12.5. The van der Waals surface area contributed by atoms with Gasteiger partial charge in [0, 0.05) is 37.2 Å². The van der Waals surface area contributed by atoms with Crippen molar-refractivity contribution >= 4 is 50.9 Å². The monoisotopic (exact) mass is 574 g/mol. The average Bonchev–Trinajstić information content (AvgIpc) is 2.82. The lowest BCUT2D eigenvalue weighted by Gasteiger charge is -2.34. The van der Waals surface area contributed by atoms with E-state index in [2.05, 4.69) is 5.32 Å². The molecule has 1 N–H and O–H groups in total. The first-order chi connectivity index (χ1) is 17.3. The quantitative estimate of drug-likeness (QED) is 0.408. The molecule has 12 heteroatoms. The summed E-state index contributed by atoms with van der Waals surface area (Å²) in [4.78, 5) is 28.1. The molecule has 0 saturated carbocycles. The molecule has 0 saturated heterocycles. The SMILES string of the molecule is CCC(C(=O)NCC(C)C)N(Cc1ccc(Cl)cc1Cl)C(=O)CN(c1ccccc1F)S(=O)(=O)N(C)C. The highest BCUT2D eigenvalue weighted by atomic mass is 35.5. The second-order valence-corrected chi connectivity index (χ2v) is 12.0. The van der Waals surface area contributed by atoms with Gasteiger partial charge in [-0.1, -0.05) is 62.2 Å². The molecule has 1 atom stereocenters. The smallest absolute Gasteiger partial charge is 0.304 e. The van der Waals surface area contributed by atoms with E-state index in [1.807, 2.05) is 13.8 Å². The van der Waals surface area contributed by atoms with E-state index in [1.54, 1.807) is 19.1 Å². The Morgan fingerprint density at radius 2 is 1.73 bits per heavy atom. The van der Waals surface area contributed by atoms with Crippen LogP contribution in [0.2, 0.25) is 10.0 Å². The van der Waals surface area contributed by atoms with Crippen molar-refractivity contribution in [3.8, 4) is 0 Å². The molecule has 0 heterocycles. The Balaban J connectivity index is 2.54. The molecule has 0 spiro atoms. The van der Waals surface area contributed by atoms with Crippen molar-refractivity contribution in [2.45, 2.75) is 39.8 Å². The van der Waals surface area contributed by atoms with Crippen molar-refractivity contribution < 1.29 is 22.4 Å². The van der Waals surface area contributed by atoms with Crippen LogP contribution in [-0.2, 0) is 26.3 Å². The van der Waals surface area contributed by atoms with Crippen molar-refractivity contribution in [3.05, 3.63) is 63.9 Å². The number of nitrogens with zero attached hydrogens (tertiary/aromatic N) is 3. The summed E-state index contributed by atoms with van der Waals surface area (Å²) >= 11 is 12.4. The van der Waals surface area contributed by atoms with Gasteiger partial charge in [0.2, 0.25) is 11.8 Å². The molecule has 0 bridgehead atoms. The zero-order valence-corrected chi connectivity index (χ0v) is 23.9. The number of benzene rings is 2. The number of halogens is 3. The van der Waals surface area contributed by atoms with Crippen LogP contribution in [0.1, 0.15) is 32.8 Å². The highest BCUT2D eigenvalue weighted by Gasteiger charge is 2.35. The summed E-state index contributed by atoms with van der Waals surface area (Å²) in [6.07, 6.45) is 0.251. The third kappa shape index (κ3) is 8.04. The van der Waals surface area contributed by atoms with Gasteiger partial charge in [-0.15, -0.1) is 0 Å². The summed E-state index contributed by atoms with van der Waals surface area (Å²) in [5, 5.41) is 3.52. The first kappa shape index (κ1) is 30.8. The van der Waals surface area contributed by atoms with Crippen LogP contribution in [0.3, 0.4) is 0 Å². The number of anilines is 1. The predicted molar refractivity (Wildman–Crippen MR) is 145 cm³/mol. The largest absolute Gasteiger partial charge is 0.354 e. The van der Waals surface area contributed by atoms with Crippen LogP contribution in [0.15, 0.2) is 42.5 Å². The van der Waals surface area contributed by atoms with E-state index in [0.29, 0.717) is 21.4 Å². The highest BCUT2D eigenvalue weighted by molar-refractivity contribution is 7.90. The van der Waals surface area contributed by atoms with E-state index in [1.165, 1.54) is 43.3 Å². The Hall–Kier alpha value is -2.40. The number of hydrogen-bond donors (Lipinski definition) is 1. The molecule has 8 nitrogen and oxygen atoms in total. The second-order valence-electron chi connectivity index (χ2n) is 9.07. The molecule has 0 aliphatic heterocycles. The second kappa shape index (κ2) is 13.4. The third-order valence-corrected chi connectivity index (χ3v) is 7.96. The summed E-state index contributed by atoms with van der Waals surface area (Å²) in [5.41, 5.74) is 0.230. The maximum atomic E-state index is 14.7. The van der Waals surface area contributed by atoms with Gasteiger partial charge in [-0.2, -0.15) is 12.7 Å². The summed E-state index contributed by atoms with van der Waals surface area (Å²) in [5.74, 6) is -1.72. The molecule has 0 aliphatic carbocycles. The number of amides is 2. The van der Waals surface area contributed by atoms with Gasteiger partial charge in [0.1, 0.15) is 18.4 Å². The van der Waals surface area contributed by atoms with E-state index in [0.717, 1.165) is 10.4 Å². The molecule has 2 rings (SSSR count). The minimum atomic E-state index is -4.27. The lowest BCUT2D eigenvalue weighted by Crippen LogP contribution is -2.53. The Morgan fingerprint density at radius 1 is 1.08 bits per heavy atom. The fourth-order valence-electron chi connectivity index (χ4n) is 3.53. The number of nitrogens with one attached hydrogen (secondary N) is 1. The van der Waals surface area contributed by atoms with Crippen molar-refractivity contribution in [2.24, 2.45) is 5.92 Å². The van der Waals surface area contributed by atoms with Crippen molar-refractivity contribution in [3.63, 3.8) is 0 Å². The molecule has 2 aromatic rings. The van der Waals surface area contributed by atoms with E-state index in [-0.39, 0.29) is 35.5 Å². The van der Waals surface area contributed by atoms with E-state index < -0.39 is 34.5 Å². The Labute approximate surface area is 228 Å². The summed E-state index contributed by atoms with van der Waals surface area (Å²) in [7, 11) is -1.70. The van der Waals surface area contributed by atoms with Gasteiger partial charge >= 0.3 is 10.2 Å². The molecule has 204 valence electrons. The maximum absolute atomic E-state index is 14.7. The summed E-state index contributed by atoms with van der Waals surface area (Å²) in [6, 6.07) is 9.10. The molecule has 0 aliphatic rings. The Morgan fingerprint density at radius 3 is 2.27 bits per heavy atom. The zero-order valence-electron chi connectivity index (χ0n) is 21.5. The van der Waals surface area contributed by atoms with E-state index >= 15 is 0 Å². The molecule has 2 amide bonds. The molecule has 2 aromatic carbocycles. The Bertz CT molecular complexity index is 1210. The molecule has 0 aromatic heterocycles. The van der Waals surface area contributed by atoms with Crippen LogP contribution in [0, 0.1) is 11.7 Å². The Kier molecular flexibility index (Phi) is 11.2. The molecular weight excluding hydrogens is 542 g/mol. The van der Waals surface area contributed by atoms with Crippen LogP contribution in [0.4, 0.5) is 10.1 Å². The molecule has 0 radical (unpaired) electrons. The first-order valence-electron chi connectivity index (χ1n) is 11.7. The molecule has 0 fully saturated rings. The van der Waals surface area contributed by atoms with Crippen LogP contribution < -0.4 is 9.62 Å². The lowest BCUT2D eigenvalue weighted by atomic mass is 10.1. The summed E-state index contributed by atoms with van der Waals surface area (Å²) < 4.78 is 42.6. The lowest BCUT2D eigenvalue weighted by molar-refractivity contribution is -0.140. The standard InChI is InChI=1S/C25H33Cl2FN4O4S/c1-6-22(25(34)29-14-17(2)3)31(15-18-11-12-19(26)13-20(18)27)24(33)16-32(37(35,36)30(4)5)23-10-8-7-9-21(23)28/h7-13,17,22H,6,14-16H2,1-5H3,(H,29,34). The van der Waals surface area contributed by atoms with Gasteiger partial charge in [0.25, 0.3) is 0 Å². The van der Waals surface area contributed by atoms with Crippen LogP contribution >= 0.6 is 23.2 Å². The number of rotatable bonds is 12. The number of carbonyl (C=O) groups excluding carboxylic acids is 2. The number of carbonyl (C=O) groups is 2. The number of para-hydroxylation sites is 1. The van der Waals surface area contributed by atoms with Gasteiger partial charge in [-0.3, -0.25) is 9.59 Å². The van der Waals surface area contributed by atoms with Crippen LogP contribution in [0.5, 0.6) is 0 Å². The minimum Gasteiger partial charge on any atom is -0.354 e. The van der Waals surface area contributed by atoms with Gasteiger partial charge in [0.05, 0.1) is 5.69 Å². The van der Waals surface area contributed by atoms with Crippen molar-refractivity contribution in [2.75, 3.05) is 31.5 Å². The zero-order chi connectivity index (χ0) is 27.9. The summed E-state index contributed by atoms with van der Waals surface area (Å²) in [6.45, 7) is 5.20. The molecule has 1 unspecified atom stereocenters. The maximum Gasteiger partial charge on any atom is 0.304 e. The van der Waals surface area contributed by atoms with Crippen molar-refractivity contribution in [1.29, 1.82) is 0 Å². The topological polar surface area (TPSA) is 90.0 Å². The highest BCUT2D eigenvalue weighted by Crippen LogP contribution is 2.26. The van der Waals surface area contributed by atoms with E-state index in [9.17, 15) is 22.4 Å². The van der Waals surface area contributed by atoms with Crippen LogP contribution in [0.25, 0.3) is 0 Å². The molecule has 37 heavy (non-hydrogen) atoms. The van der Waals surface area contributed by atoms with Gasteiger partial charge < -0.3 is 10.2 Å². The van der Waals surface area contributed by atoms with Gasteiger partial charge in [-0.05, 0) is 42.2 Å². The predicted octanol–water partition coefficient (Wildman–Crippen LogP) is 4.32. The first-order valence-corrected chi connectivity index (χ1v) is 13.9. The third-order valence-electron chi connectivity index (χ3n) is 5.57. The van der Waals surface area contributed by atoms with Gasteiger partial charge in [0.15, 0.2) is 0 Å². The fourth-order valence-corrected chi connectivity index (χ4v) is 5.06. The van der Waals surface area contributed by atoms with Crippen molar-refractivity contribution in [1.82, 2.24) is 14.5 Å². The average molecular weight is 576 g/mol.